The molecule has 5 unspecified atom stereocenters. The van der Waals surface area contributed by atoms with Crippen LogP contribution in [0, 0.1) is 24.2 Å². The van der Waals surface area contributed by atoms with E-state index in [0.717, 1.165) is 26.6 Å². The Morgan fingerprint density at radius 3 is 2.09 bits per heavy atom. The van der Waals surface area contributed by atoms with Crippen LogP contribution >= 0.6 is 32.9 Å². The maximum Gasteiger partial charge on any atom is 0.508 e. The van der Waals surface area contributed by atoms with Gasteiger partial charge in [-0.2, -0.15) is 4.98 Å². The van der Waals surface area contributed by atoms with E-state index < -0.39 is 163 Å². The van der Waals surface area contributed by atoms with Gasteiger partial charge < -0.3 is 94.0 Å². The molecule has 3 aromatic heterocycles. The van der Waals surface area contributed by atoms with Gasteiger partial charge in [-0.3, -0.25) is 62.8 Å². The lowest BCUT2D eigenvalue weighted by atomic mass is 9.73. The molecule has 0 spiro atoms. The van der Waals surface area contributed by atoms with Crippen LogP contribution in [0.15, 0.2) is 51.2 Å². The van der Waals surface area contributed by atoms with Crippen molar-refractivity contribution in [2.45, 2.75) is 179 Å². The Kier molecular flexibility index (Phi) is 33.2. The van der Waals surface area contributed by atoms with Crippen molar-refractivity contribution >= 4 is 139 Å². The number of anilines is 2. The number of nitrogens with one attached hydrogen (secondary N) is 7. The number of carboxylic acids is 4. The highest BCUT2D eigenvalue weighted by molar-refractivity contribution is 8.76. The predicted octanol–water partition coefficient (Wildman–Crippen LogP) is 0.818. The third-order valence-corrected chi connectivity index (χ3v) is 21.0. The second-order valence-corrected chi connectivity index (χ2v) is 30.1. The number of ketones is 1. The molecule has 0 aliphatic carbocycles. The predicted molar refractivity (Wildman–Crippen MR) is 393 cm³/mol. The highest BCUT2D eigenvalue weighted by atomic mass is 33.1. The van der Waals surface area contributed by atoms with Gasteiger partial charge in [-0.1, -0.05) is 55.7 Å². The molecule has 19 N–H and O–H groups in total. The number of Topliss-reactive ketones (excluding diaryl/α,β-unsaturated/α-hetero) is 1. The number of nitrogens with two attached hydrogens (primary N) is 3. The molecule has 0 saturated carbocycles. The number of nitrogens with zero attached hydrogens (tertiary/aromatic N) is 6. The van der Waals surface area contributed by atoms with Gasteiger partial charge in [0.15, 0.2) is 17.1 Å². The number of ether oxygens (including phenoxy) is 3. The first kappa shape index (κ1) is 86.8. The highest BCUT2D eigenvalue weighted by Gasteiger charge is 2.49. The number of aliphatic imine (C=N–C) groups is 1. The number of H-pyrrole nitrogens is 1. The maximum absolute atomic E-state index is 14.0. The van der Waals surface area contributed by atoms with Gasteiger partial charge in [0.2, 0.25) is 29.6 Å². The minimum atomic E-state index is -2.00. The SMILES string of the molecule is C/C(=C\c1csc(C)n1)[C@@H]1C[C@H]2[C@@H](CCC[C@H](C)[C@H](O)C(C)C(=O)C(C)(C)C(O)CC(=O)O1)N2CCOC(=O)OCCSSCC(NC(=O)[C@H](CC(=O)O)NC(=O)C(CCCN=C(N)N)NC(=O)[C@H](CC(=O)O)NC(=O)CC[C@H](NC(=O)c1ccc(NCc2cnc3nc(N)[nH]c(=O)c3n2)cc1)C(=O)O)C(=O)O. The van der Waals surface area contributed by atoms with Crippen LogP contribution in [0.4, 0.5) is 16.4 Å². The zero-order valence-corrected chi connectivity index (χ0v) is 62.5. The van der Waals surface area contributed by atoms with Gasteiger partial charge in [0.25, 0.3) is 11.5 Å². The minimum absolute atomic E-state index is 0.000727. The molecule has 5 amide bonds. The zero-order chi connectivity index (χ0) is 79.7. The molecule has 2 aliphatic rings. The molecule has 5 heterocycles. The number of aryl methyl sites for hydroxylation is 1. The van der Waals surface area contributed by atoms with Crippen molar-refractivity contribution < 1.29 is 102 Å². The van der Waals surface area contributed by atoms with E-state index in [0.29, 0.717) is 48.3 Å². The summed E-state index contributed by atoms with van der Waals surface area (Å²) in [6.07, 6.45) is -3.16. The van der Waals surface area contributed by atoms with Gasteiger partial charge in [-0.15, -0.1) is 11.3 Å². The average Bonchev–Trinajstić information content (AvgIpc) is 1.61. The number of cyclic esters (lactones) is 1. The number of benzene rings is 1. The molecule has 38 nitrogen and oxygen atoms in total. The summed E-state index contributed by atoms with van der Waals surface area (Å²) in [4.78, 5) is 194. The molecular formula is C67H92N16O22S3. The number of amides is 5. The Bertz CT molecular complexity index is 4010. The standard InChI is InChI=1S/C67H92N16O22S3/c1-32-9-7-11-45-46(26-47(33(2)23-38-30-106-35(4)74-38)105-52(90)27-48(84)67(5,6)55(92)34(3)54(32)91)83(45)19-20-103-66(102)104-21-22-107-108-31-44(63(100)101)80-60(96)43(25-51(88)89)79-58(94)40(10-8-18-71-64(68)69)77-59(95)42(24-50(86)87)76-49(85)17-16-41(62(98)99)78-57(93)36-12-14-37(15-13-36)72-28-39-29-73-56-53(75-39)61(97)82-65(70)81-56/h12-15,23,29-30,32,34,40-48,54,72,84,91H,7-11,16-22,24-28,31H2,1-6H3,(H,76,85)(H,77,95)(H,78,93)(H,79,94)(H,80,96)(H,86,87)(H,88,89)(H,98,99)(H,100,101)(H4,68,69,71)(H3,70,73,81,82,97)/b33-23+/t32-,34?,40?,41-,42-,43-,44?,45+,46-,47-,48?,54-,83?/m0/s1. The number of carboxylic acid groups (broad SMARTS) is 4. The molecule has 590 valence electrons. The van der Waals surface area contributed by atoms with Crippen molar-refractivity contribution in [2.24, 2.45) is 33.7 Å². The summed E-state index contributed by atoms with van der Waals surface area (Å²) in [5, 5.41) is 78.9. The number of rotatable bonds is 36. The van der Waals surface area contributed by atoms with Crippen LogP contribution < -0.4 is 54.7 Å². The molecule has 0 radical (unpaired) electrons. The number of hydrogen-bond acceptors (Lipinski definition) is 29. The fourth-order valence-electron chi connectivity index (χ4n) is 11.7. The van der Waals surface area contributed by atoms with Crippen molar-refractivity contribution in [3.63, 3.8) is 0 Å². The van der Waals surface area contributed by atoms with Crippen molar-refractivity contribution in [3.8, 4) is 0 Å². The zero-order valence-electron chi connectivity index (χ0n) is 60.1. The normalized spacial score (nSPS) is 20.9. The number of aromatic amines is 1. The van der Waals surface area contributed by atoms with Gasteiger partial charge in [0.1, 0.15) is 55.3 Å². The molecule has 1 aromatic carbocycles. The fraction of sp³-hybridized carbons (Fsp3) is 0.552. The molecule has 2 fully saturated rings. The Balaban J connectivity index is 0.985. The first-order valence-corrected chi connectivity index (χ1v) is 37.7. The smallest absolute Gasteiger partial charge is 0.481 e. The summed E-state index contributed by atoms with van der Waals surface area (Å²) < 4.78 is 16.7. The van der Waals surface area contributed by atoms with E-state index in [4.69, 9.17) is 31.4 Å². The molecule has 2 saturated heterocycles. The number of thiazole rings is 1. The summed E-state index contributed by atoms with van der Waals surface area (Å²) in [6, 6.07) is -3.57. The third-order valence-electron chi connectivity index (χ3n) is 17.8. The van der Waals surface area contributed by atoms with Crippen molar-refractivity contribution in [1.29, 1.82) is 0 Å². The number of aliphatic carboxylic acids is 4. The number of aliphatic hydroxyl groups is 2. The van der Waals surface area contributed by atoms with E-state index in [1.807, 2.05) is 32.2 Å². The van der Waals surface area contributed by atoms with Crippen LogP contribution in [0.2, 0.25) is 0 Å². The number of carbonyl (C=O) groups excluding carboxylic acids is 8. The number of nitrogen functional groups attached to an aromatic ring is 1. The Hall–Kier alpha value is -10.1. The largest absolute Gasteiger partial charge is 0.508 e. The Labute approximate surface area is 630 Å². The molecular weight excluding hydrogens is 1480 g/mol. The highest BCUT2D eigenvalue weighted by Crippen LogP contribution is 2.39. The van der Waals surface area contributed by atoms with Crippen molar-refractivity contribution in [1.82, 2.24) is 56.4 Å². The summed E-state index contributed by atoms with van der Waals surface area (Å²) in [7, 11) is 1.96. The Morgan fingerprint density at radius 2 is 1.45 bits per heavy atom. The lowest BCUT2D eigenvalue weighted by Crippen LogP contribution is -2.58. The average molecular weight is 1570 g/mol. The van der Waals surface area contributed by atoms with E-state index in [9.17, 15) is 93.0 Å². The van der Waals surface area contributed by atoms with Gasteiger partial charge in [0.05, 0.1) is 66.0 Å². The second-order valence-electron chi connectivity index (χ2n) is 26.4. The number of guanidine groups is 1. The lowest BCUT2D eigenvalue weighted by molar-refractivity contribution is -0.155. The van der Waals surface area contributed by atoms with Gasteiger partial charge >= 0.3 is 36.0 Å². The number of hydrogen-bond donors (Lipinski definition) is 16. The van der Waals surface area contributed by atoms with Crippen LogP contribution in [0.5, 0.6) is 0 Å². The molecule has 4 aromatic rings. The Morgan fingerprint density at radius 1 is 0.815 bits per heavy atom. The lowest BCUT2D eigenvalue weighted by Gasteiger charge is -2.34. The number of esters is 1. The van der Waals surface area contributed by atoms with Crippen molar-refractivity contribution in [2.75, 3.05) is 48.9 Å². The molecule has 108 heavy (non-hydrogen) atoms. The van der Waals surface area contributed by atoms with Crippen LogP contribution in [-0.4, -0.2) is 236 Å². The van der Waals surface area contributed by atoms with E-state index in [1.54, 1.807) is 20.8 Å². The van der Waals surface area contributed by atoms with Crippen LogP contribution in [0.25, 0.3) is 17.2 Å². The molecule has 0 bridgehead atoms. The summed E-state index contributed by atoms with van der Waals surface area (Å²) in [6.45, 7) is 10.1. The second kappa shape index (κ2) is 41.3. The van der Waals surface area contributed by atoms with Crippen LogP contribution in [0.1, 0.15) is 132 Å². The topological polar surface area (TPSA) is 604 Å². The molecule has 41 heteroatoms. The summed E-state index contributed by atoms with van der Waals surface area (Å²) >= 11 is 1.45. The maximum atomic E-state index is 14.0. The first-order chi connectivity index (χ1) is 51.0. The van der Waals surface area contributed by atoms with Gasteiger partial charge in [-0.05, 0) is 87.8 Å². The molecule has 13 atom stereocenters. The van der Waals surface area contributed by atoms with Crippen LogP contribution in [-0.2, 0) is 68.7 Å². The monoisotopic (exact) mass is 1570 g/mol. The minimum Gasteiger partial charge on any atom is -0.481 e. The molecule has 2 aliphatic heterocycles. The summed E-state index contributed by atoms with van der Waals surface area (Å²) in [5.41, 5.74) is 16.7. The van der Waals surface area contributed by atoms with E-state index >= 15 is 0 Å². The number of aliphatic hydroxyl groups excluding tert-OH is 2. The first-order valence-electron chi connectivity index (χ1n) is 34.3. The number of aromatic nitrogens is 5. The van der Waals surface area contributed by atoms with E-state index in [2.05, 4.69) is 66.7 Å². The fourth-order valence-corrected chi connectivity index (χ4v) is 14.3. The number of fused-ring (bicyclic) bond motifs is 2. The van der Waals surface area contributed by atoms with E-state index in [-0.39, 0.29) is 110 Å². The van der Waals surface area contributed by atoms with Crippen molar-refractivity contribution in [3.05, 3.63) is 73.7 Å². The van der Waals surface area contributed by atoms with Gasteiger partial charge in [-0.25, -0.2) is 29.3 Å². The van der Waals surface area contributed by atoms with E-state index in [1.165, 1.54) is 41.8 Å². The quantitative estimate of drug-likeness (QED) is 0.00748. The van der Waals surface area contributed by atoms with Gasteiger partial charge in [0, 0.05) is 72.1 Å². The summed E-state index contributed by atoms with van der Waals surface area (Å²) in [5.74, 6) is -15.1. The molecule has 6 rings (SSSR count). The third kappa shape index (κ3) is 27.3. The van der Waals surface area contributed by atoms with Crippen LogP contribution in [0.3, 0.4) is 0 Å². The number of carbonyl (C=O) groups is 12.